The molecule has 0 saturated heterocycles. The molecule has 0 aliphatic carbocycles. The van der Waals surface area contributed by atoms with Crippen molar-refractivity contribution in [3.63, 3.8) is 0 Å². The molecule has 0 fully saturated rings. The first-order chi connectivity index (χ1) is 11.2. The van der Waals surface area contributed by atoms with Gasteiger partial charge in [-0.25, -0.2) is 0 Å². The number of carbonyl (C=O) groups excluding carboxylic acids is 1. The minimum absolute atomic E-state index is 0.398. The summed E-state index contributed by atoms with van der Waals surface area (Å²) in [6.07, 6.45) is 3.36. The Kier molecular flexibility index (Phi) is 4.29. The number of benzene rings is 1. The van der Waals surface area contributed by atoms with Crippen LogP contribution in [0.4, 0.5) is 0 Å². The van der Waals surface area contributed by atoms with Crippen LogP contribution in [0.2, 0.25) is 0 Å². The zero-order valence-corrected chi connectivity index (χ0v) is 12.3. The molecule has 3 aromatic rings. The average Bonchev–Trinajstić information content (AvgIpc) is 2.61. The molecule has 3 rings (SSSR count). The first kappa shape index (κ1) is 14.7. The molecular formula is C18H15N3O2. The molecule has 0 aliphatic heterocycles. The van der Waals surface area contributed by atoms with Gasteiger partial charge in [-0.3, -0.25) is 14.8 Å². The molecule has 23 heavy (non-hydrogen) atoms. The Morgan fingerprint density at radius 1 is 0.957 bits per heavy atom. The van der Waals surface area contributed by atoms with Crippen molar-refractivity contribution in [3.05, 3.63) is 78.2 Å². The highest BCUT2D eigenvalue weighted by Crippen LogP contribution is 2.23. The van der Waals surface area contributed by atoms with E-state index in [1.807, 2.05) is 42.5 Å². The molecule has 1 aromatic carbocycles. The number of nitrogens with two attached hydrogens (primary N) is 1. The molecule has 5 heteroatoms. The van der Waals surface area contributed by atoms with E-state index in [-0.39, 0.29) is 0 Å². The van der Waals surface area contributed by atoms with Crippen LogP contribution in [0.25, 0.3) is 11.3 Å². The zero-order valence-electron chi connectivity index (χ0n) is 12.3. The quantitative estimate of drug-likeness (QED) is 0.786. The average molecular weight is 305 g/mol. The third kappa shape index (κ3) is 3.52. The fourth-order valence-corrected chi connectivity index (χ4v) is 2.18. The van der Waals surface area contributed by atoms with Crippen LogP contribution < -0.4 is 10.5 Å². The first-order valence-corrected chi connectivity index (χ1v) is 7.12. The smallest absolute Gasteiger partial charge is 0.250 e. The molecule has 0 atom stereocenters. The van der Waals surface area contributed by atoms with Crippen LogP contribution in [0.3, 0.4) is 0 Å². The second kappa shape index (κ2) is 6.70. The molecule has 1 amide bonds. The summed E-state index contributed by atoms with van der Waals surface area (Å²) in [6, 6.07) is 16.4. The van der Waals surface area contributed by atoms with Crippen LogP contribution in [0.1, 0.15) is 16.1 Å². The van der Waals surface area contributed by atoms with E-state index in [0.29, 0.717) is 17.9 Å². The number of rotatable bonds is 5. The van der Waals surface area contributed by atoms with Gasteiger partial charge in [-0.1, -0.05) is 6.07 Å². The molecule has 114 valence electrons. The monoisotopic (exact) mass is 305 g/mol. The Morgan fingerprint density at radius 2 is 1.74 bits per heavy atom. The highest BCUT2D eigenvalue weighted by Gasteiger charge is 2.10. The minimum atomic E-state index is -0.497. The van der Waals surface area contributed by atoms with Crippen molar-refractivity contribution in [2.24, 2.45) is 5.73 Å². The molecule has 2 N–H and O–H groups in total. The SMILES string of the molecule is NC(=O)c1cccnc1-c1ccc(OCc2ccccn2)cc1. The Hall–Kier alpha value is -3.21. The highest BCUT2D eigenvalue weighted by molar-refractivity contribution is 5.98. The maximum atomic E-state index is 11.5. The largest absolute Gasteiger partial charge is 0.487 e. The van der Waals surface area contributed by atoms with Crippen molar-refractivity contribution in [2.75, 3.05) is 0 Å². The van der Waals surface area contributed by atoms with Gasteiger partial charge in [-0.2, -0.15) is 0 Å². The summed E-state index contributed by atoms with van der Waals surface area (Å²) in [5.41, 5.74) is 8.02. The molecule has 0 radical (unpaired) electrons. The number of ether oxygens (including phenoxy) is 1. The summed E-state index contributed by atoms with van der Waals surface area (Å²) in [6.45, 7) is 0.399. The van der Waals surface area contributed by atoms with Crippen LogP contribution in [0.15, 0.2) is 67.0 Å². The Morgan fingerprint density at radius 3 is 2.43 bits per heavy atom. The fraction of sp³-hybridized carbons (Fsp3) is 0.0556. The van der Waals surface area contributed by atoms with Crippen molar-refractivity contribution >= 4 is 5.91 Å². The van der Waals surface area contributed by atoms with E-state index in [0.717, 1.165) is 17.0 Å². The lowest BCUT2D eigenvalue weighted by Gasteiger charge is -2.08. The lowest BCUT2D eigenvalue weighted by atomic mass is 10.1. The van der Waals surface area contributed by atoms with Gasteiger partial charge >= 0.3 is 0 Å². The second-order valence-electron chi connectivity index (χ2n) is 4.90. The fourth-order valence-electron chi connectivity index (χ4n) is 2.18. The Bertz CT molecular complexity index is 802. The molecule has 0 aliphatic rings. The molecule has 0 saturated carbocycles. The number of carbonyl (C=O) groups is 1. The third-order valence-corrected chi connectivity index (χ3v) is 3.31. The lowest BCUT2D eigenvalue weighted by Crippen LogP contribution is -2.12. The summed E-state index contributed by atoms with van der Waals surface area (Å²) >= 11 is 0. The molecule has 0 unspecified atom stereocenters. The zero-order chi connectivity index (χ0) is 16.1. The third-order valence-electron chi connectivity index (χ3n) is 3.31. The van der Waals surface area contributed by atoms with E-state index in [2.05, 4.69) is 9.97 Å². The standard InChI is InChI=1S/C18H15N3O2/c19-18(22)16-5-3-11-21-17(16)13-6-8-15(9-7-13)23-12-14-4-1-2-10-20-14/h1-11H,12H2,(H2,19,22). The highest BCUT2D eigenvalue weighted by atomic mass is 16.5. The van der Waals surface area contributed by atoms with Gasteiger partial charge < -0.3 is 10.5 Å². The summed E-state index contributed by atoms with van der Waals surface area (Å²) in [5, 5.41) is 0. The van der Waals surface area contributed by atoms with Gasteiger partial charge in [-0.15, -0.1) is 0 Å². The Balaban J connectivity index is 1.76. The molecule has 2 aromatic heterocycles. The van der Waals surface area contributed by atoms with Gasteiger partial charge in [0.1, 0.15) is 12.4 Å². The first-order valence-electron chi connectivity index (χ1n) is 7.12. The molecule has 0 bridgehead atoms. The topological polar surface area (TPSA) is 78.1 Å². The van der Waals surface area contributed by atoms with Gasteiger partial charge in [-0.05, 0) is 48.5 Å². The van der Waals surface area contributed by atoms with Crippen LogP contribution in [0.5, 0.6) is 5.75 Å². The van der Waals surface area contributed by atoms with Crippen molar-refractivity contribution in [1.29, 1.82) is 0 Å². The molecule has 2 heterocycles. The molecule has 5 nitrogen and oxygen atoms in total. The van der Waals surface area contributed by atoms with Crippen LogP contribution >= 0.6 is 0 Å². The van der Waals surface area contributed by atoms with Gasteiger partial charge in [0.05, 0.1) is 17.0 Å². The number of aromatic nitrogens is 2. The van der Waals surface area contributed by atoms with Gasteiger partial charge in [0.15, 0.2) is 0 Å². The van der Waals surface area contributed by atoms with Crippen LogP contribution in [-0.2, 0) is 6.61 Å². The number of pyridine rings is 2. The number of amides is 1. The summed E-state index contributed by atoms with van der Waals surface area (Å²) < 4.78 is 5.69. The normalized spacial score (nSPS) is 10.3. The lowest BCUT2D eigenvalue weighted by molar-refractivity contribution is 0.100. The predicted octanol–water partition coefficient (Wildman–Crippen LogP) is 2.82. The summed E-state index contributed by atoms with van der Waals surface area (Å²) in [5.74, 6) is 0.222. The number of hydrogen-bond acceptors (Lipinski definition) is 4. The van der Waals surface area contributed by atoms with Crippen LogP contribution in [-0.4, -0.2) is 15.9 Å². The maximum absolute atomic E-state index is 11.5. The minimum Gasteiger partial charge on any atom is -0.487 e. The van der Waals surface area contributed by atoms with Crippen molar-refractivity contribution in [3.8, 4) is 17.0 Å². The van der Waals surface area contributed by atoms with Crippen molar-refractivity contribution < 1.29 is 9.53 Å². The summed E-state index contributed by atoms with van der Waals surface area (Å²) in [4.78, 5) is 19.9. The van der Waals surface area contributed by atoms with Crippen molar-refractivity contribution in [1.82, 2.24) is 9.97 Å². The number of primary amides is 1. The van der Waals surface area contributed by atoms with E-state index in [1.54, 1.807) is 24.5 Å². The number of nitrogens with zero attached hydrogens (tertiary/aromatic N) is 2. The van der Waals surface area contributed by atoms with E-state index in [4.69, 9.17) is 10.5 Å². The van der Waals surface area contributed by atoms with E-state index in [1.165, 1.54) is 0 Å². The van der Waals surface area contributed by atoms with Gasteiger partial charge in [0, 0.05) is 18.0 Å². The van der Waals surface area contributed by atoms with E-state index in [9.17, 15) is 4.79 Å². The molecular weight excluding hydrogens is 290 g/mol. The van der Waals surface area contributed by atoms with Crippen LogP contribution in [0, 0.1) is 0 Å². The van der Waals surface area contributed by atoms with Gasteiger partial charge in [0.2, 0.25) is 0 Å². The van der Waals surface area contributed by atoms with E-state index < -0.39 is 5.91 Å². The molecule has 0 spiro atoms. The predicted molar refractivity (Wildman–Crippen MR) is 86.8 cm³/mol. The van der Waals surface area contributed by atoms with Crippen molar-refractivity contribution in [2.45, 2.75) is 6.61 Å². The maximum Gasteiger partial charge on any atom is 0.250 e. The van der Waals surface area contributed by atoms with E-state index >= 15 is 0 Å². The number of hydrogen-bond donors (Lipinski definition) is 1. The summed E-state index contributed by atoms with van der Waals surface area (Å²) in [7, 11) is 0. The van der Waals surface area contributed by atoms with Gasteiger partial charge in [0.25, 0.3) is 5.91 Å². The Labute approximate surface area is 133 Å². The second-order valence-corrected chi connectivity index (χ2v) is 4.90.